The molecule has 18 aromatic carbocycles. The van der Waals surface area contributed by atoms with Crippen LogP contribution in [0.5, 0.6) is 0 Å². The molecule has 0 aliphatic heterocycles. The van der Waals surface area contributed by atoms with Crippen LogP contribution in [0, 0.1) is 5.92 Å². The molecule has 23 aromatic rings. The fourth-order valence-corrected chi connectivity index (χ4v) is 23.6. The van der Waals surface area contributed by atoms with Gasteiger partial charge in [0.25, 0.3) is 0 Å². The lowest BCUT2D eigenvalue weighted by Crippen LogP contribution is -2.40. The van der Waals surface area contributed by atoms with Gasteiger partial charge in [-0.3, -0.25) is 4.72 Å². The molecule has 5 aromatic heterocycles. The van der Waals surface area contributed by atoms with Gasteiger partial charge in [-0.15, -0.1) is 0 Å². The first kappa shape index (κ1) is 83.4. The third-order valence-electron chi connectivity index (χ3n) is 30.3. The Hall–Kier alpha value is -17.0. The molecule has 0 saturated heterocycles. The monoisotopic (exact) mass is 1820 g/mol. The average molecular weight is 1830 g/mol. The van der Waals surface area contributed by atoms with E-state index in [9.17, 15) is 0 Å². The molecule has 141 heavy (non-hydrogen) atoms. The molecule has 0 bridgehead atoms. The summed E-state index contributed by atoms with van der Waals surface area (Å²) >= 11 is 5.12. The Balaban J connectivity index is 0.543. The zero-order valence-electron chi connectivity index (χ0n) is 78.1. The van der Waals surface area contributed by atoms with Gasteiger partial charge >= 0.3 is 0 Å². The summed E-state index contributed by atoms with van der Waals surface area (Å²) < 4.78 is 15.9. The van der Waals surface area contributed by atoms with Gasteiger partial charge in [0.05, 0.1) is 61.2 Å². The molecule has 0 spiro atoms. The SMILES string of the molecule is C[C@@H]1C(C2=CC=C(n3c4ccc(-c5ccc(-c6ccc7c8ccccc8n(-c8ccc(C9=CCCC=C9)cc8)c7c6)cc5)cc4c4cc(-c5ccc(-c6ccc7c8ccccc8n(-c8ccc(C9=CCCC=C9)cc8)c7c6)cc5)ccc43)CC2)=CC=C(N(c2ccc(-c3ccc4c5ccccc5n(-c5ccccc5)c4c3)cc2)c2ccc(-c3ccc4c5ccccc5n(-c5ccccc5)c4c3)cc2)C1NS. The van der Waals surface area contributed by atoms with E-state index in [0.717, 1.165) is 101 Å². The zero-order chi connectivity index (χ0) is 93.3. The maximum Gasteiger partial charge on any atom is 0.0641 e. The second-order valence-corrected chi connectivity index (χ2v) is 38.5. The van der Waals surface area contributed by atoms with Crippen LogP contribution in [0.1, 0.15) is 56.6 Å². The van der Waals surface area contributed by atoms with Gasteiger partial charge < -0.3 is 27.7 Å². The summed E-state index contributed by atoms with van der Waals surface area (Å²) in [6, 6.07) is 154. The Morgan fingerprint density at radius 2 is 0.553 bits per heavy atom. The fraction of sp³-hybridized carbons (Fsp3) is 0.0677. The minimum atomic E-state index is -0.184. The van der Waals surface area contributed by atoms with Crippen LogP contribution in [0.3, 0.4) is 0 Å². The minimum absolute atomic E-state index is 0.0315. The normalized spacial score (nSPS) is 15.1. The van der Waals surface area contributed by atoms with E-state index in [2.05, 4.69) is 513 Å². The molecule has 4 aliphatic carbocycles. The number of allylic oxidation sites excluding steroid dienone is 14. The molecule has 1 N–H and O–H groups in total. The number of hydrogen-bond acceptors (Lipinski definition) is 3. The number of hydrogen-bond donors (Lipinski definition) is 2. The molecule has 5 heterocycles. The van der Waals surface area contributed by atoms with Crippen LogP contribution in [-0.4, -0.2) is 28.9 Å². The molecule has 2 atom stereocenters. The molecule has 8 heteroatoms. The standard InChI is InChI=1S/C133H97N7S/c1-86-111(76-79-128(133(86)134-141)135(106-62-50-95(51-63-106)102-58-74-116-112-30-14-18-34-122(112)137(129(116)84-102)104-26-10-4-11-27-104)107-64-52-96(53-65-107)103-59-75-117-113-31-15-19-35-123(113)138(130(117)85-103)105-28-12-5-13-29-105)97-54-70-108(71-55-97)136-126-77-60-98(91-38-42-93(43-39-91)100-56-72-118-114-32-16-20-36-124(114)139(131(118)82-100)109-66-46-89(47-67-109)87-22-6-2-7-23-87)80-120(126)121-81-99(61-78-127(121)136)92-40-44-94(45-41-92)101-57-73-119-115-33-17-21-37-125(115)140(132(119)83-101)110-68-48-90(49-69-110)88-24-8-3-9-25-88/h4-6,8,10-54,56-70,72-86,133-134,141H,2-3,7,9,55,71H2,1H3/t86-,133?/m1/s1. The van der Waals surface area contributed by atoms with E-state index < -0.39 is 0 Å². The number of rotatable bonds is 18. The van der Waals surface area contributed by atoms with E-state index in [-0.39, 0.29) is 12.0 Å². The Morgan fingerprint density at radius 3 is 0.894 bits per heavy atom. The average Bonchev–Trinajstić information content (AvgIpc) is 1.62. The number of para-hydroxylation sites is 6. The molecular weight excluding hydrogens is 1730 g/mol. The molecule has 0 fully saturated rings. The van der Waals surface area contributed by atoms with Crippen molar-refractivity contribution in [2.45, 2.75) is 51.5 Å². The maximum atomic E-state index is 5.12. The van der Waals surface area contributed by atoms with Gasteiger partial charge in [-0.1, -0.05) is 335 Å². The topological polar surface area (TPSA) is 39.9 Å². The van der Waals surface area contributed by atoms with Gasteiger partial charge in [0, 0.05) is 105 Å². The first-order chi connectivity index (χ1) is 69.8. The Morgan fingerprint density at radius 1 is 0.248 bits per heavy atom. The van der Waals surface area contributed by atoms with Crippen molar-refractivity contribution in [3.8, 4) is 89.5 Å². The molecule has 4 aliphatic rings. The predicted octanol–water partition coefficient (Wildman–Crippen LogP) is 35.3. The van der Waals surface area contributed by atoms with Crippen molar-refractivity contribution in [3.63, 3.8) is 0 Å². The number of nitrogens with zero attached hydrogens (tertiary/aromatic N) is 6. The smallest absolute Gasteiger partial charge is 0.0641 e. The third-order valence-corrected chi connectivity index (χ3v) is 30.6. The van der Waals surface area contributed by atoms with Gasteiger partial charge in [0.15, 0.2) is 0 Å². The first-order valence-corrected chi connectivity index (χ1v) is 49.9. The molecule has 0 saturated carbocycles. The van der Waals surface area contributed by atoms with E-state index in [4.69, 9.17) is 12.8 Å². The van der Waals surface area contributed by atoms with Crippen molar-refractivity contribution in [2.24, 2.45) is 5.92 Å². The summed E-state index contributed by atoms with van der Waals surface area (Å²) in [5.41, 5.74) is 42.6. The third kappa shape index (κ3) is 14.4. The van der Waals surface area contributed by atoms with E-state index in [1.807, 2.05) is 0 Å². The van der Waals surface area contributed by atoms with Crippen molar-refractivity contribution in [1.82, 2.24) is 27.6 Å². The van der Waals surface area contributed by atoms with Gasteiger partial charge in [-0.25, -0.2) is 0 Å². The van der Waals surface area contributed by atoms with Crippen LogP contribution in [-0.2, 0) is 0 Å². The van der Waals surface area contributed by atoms with Crippen molar-refractivity contribution in [1.29, 1.82) is 0 Å². The summed E-state index contributed by atoms with van der Waals surface area (Å²) in [5, 5.41) is 12.4. The van der Waals surface area contributed by atoms with Crippen molar-refractivity contribution in [2.75, 3.05) is 4.90 Å². The van der Waals surface area contributed by atoms with Crippen molar-refractivity contribution < 1.29 is 0 Å². The highest BCUT2D eigenvalue weighted by Crippen LogP contribution is 2.48. The zero-order valence-corrected chi connectivity index (χ0v) is 79.0. The van der Waals surface area contributed by atoms with Gasteiger partial charge in [0.1, 0.15) is 0 Å². The summed E-state index contributed by atoms with van der Waals surface area (Å²) in [6.07, 6.45) is 29.4. The van der Waals surface area contributed by atoms with Crippen molar-refractivity contribution in [3.05, 3.63) is 501 Å². The summed E-state index contributed by atoms with van der Waals surface area (Å²) in [6.45, 7) is 2.37. The number of fused-ring (bicyclic) bond motifs is 15. The molecule has 7 nitrogen and oxygen atoms in total. The van der Waals surface area contributed by atoms with Crippen molar-refractivity contribution >= 4 is 150 Å². The predicted molar refractivity (Wildman–Crippen MR) is 600 cm³/mol. The molecule has 1 unspecified atom stereocenters. The van der Waals surface area contributed by atoms with Crippen LogP contribution in [0.25, 0.3) is 215 Å². The number of aromatic nitrogens is 5. The largest absolute Gasteiger partial charge is 0.313 e. The fourth-order valence-electron chi connectivity index (χ4n) is 23.3. The van der Waals surface area contributed by atoms with Crippen LogP contribution in [0.15, 0.2) is 490 Å². The molecule has 27 rings (SSSR count). The first-order valence-electron chi connectivity index (χ1n) is 49.5. The Kier molecular flexibility index (Phi) is 20.5. The van der Waals surface area contributed by atoms with E-state index >= 15 is 0 Å². The minimum Gasteiger partial charge on any atom is -0.313 e. The van der Waals surface area contributed by atoms with Crippen LogP contribution in [0.4, 0.5) is 11.4 Å². The second-order valence-electron chi connectivity index (χ2n) is 38.2. The van der Waals surface area contributed by atoms with Gasteiger partial charge in [0.2, 0.25) is 0 Å². The van der Waals surface area contributed by atoms with Gasteiger partial charge in [-0.2, -0.15) is 0 Å². The van der Waals surface area contributed by atoms with E-state index in [1.165, 1.54) is 193 Å². The molecular formula is C133H97N7S. The van der Waals surface area contributed by atoms with Gasteiger partial charge in [-0.05, 0) is 296 Å². The summed E-state index contributed by atoms with van der Waals surface area (Å²) in [5.74, 6) is 0.0315. The lowest BCUT2D eigenvalue weighted by Gasteiger charge is -2.39. The van der Waals surface area contributed by atoms with Crippen LogP contribution < -0.4 is 9.62 Å². The van der Waals surface area contributed by atoms with Crippen LogP contribution >= 0.6 is 12.8 Å². The number of anilines is 2. The highest BCUT2D eigenvalue weighted by Gasteiger charge is 2.34. The number of benzene rings is 18. The maximum absolute atomic E-state index is 5.12. The quantitative estimate of drug-likeness (QED) is 0.0841. The Labute approximate surface area is 824 Å². The Bertz CT molecular complexity index is 8790. The summed E-state index contributed by atoms with van der Waals surface area (Å²) in [7, 11) is 0. The van der Waals surface area contributed by atoms with Crippen LogP contribution in [0.2, 0.25) is 0 Å². The number of thiol groups is 1. The molecule has 0 radical (unpaired) electrons. The van der Waals surface area contributed by atoms with E-state index in [0.29, 0.717) is 0 Å². The molecule has 670 valence electrons. The number of nitrogens with one attached hydrogen (secondary N) is 1. The lowest BCUT2D eigenvalue weighted by molar-refractivity contribution is 0.534. The second kappa shape index (κ2) is 34.6. The summed E-state index contributed by atoms with van der Waals surface area (Å²) in [4.78, 5) is 2.45. The highest BCUT2D eigenvalue weighted by molar-refractivity contribution is 7.78. The lowest BCUT2D eigenvalue weighted by atomic mass is 9.80. The van der Waals surface area contributed by atoms with E-state index in [1.54, 1.807) is 0 Å². The highest BCUT2D eigenvalue weighted by atomic mass is 32.1. The molecule has 0 amide bonds.